The molecule has 1 aliphatic rings. The van der Waals surface area contributed by atoms with E-state index in [0.29, 0.717) is 29.7 Å². The van der Waals surface area contributed by atoms with Crippen molar-refractivity contribution in [3.8, 4) is 0 Å². The van der Waals surface area contributed by atoms with E-state index < -0.39 is 59.4 Å². The zero-order chi connectivity index (χ0) is 31.6. The smallest absolute Gasteiger partial charge is 0.393 e. The summed E-state index contributed by atoms with van der Waals surface area (Å²) in [5.74, 6) is -1.32. The van der Waals surface area contributed by atoms with Gasteiger partial charge in [0.25, 0.3) is 0 Å². The van der Waals surface area contributed by atoms with Crippen LogP contribution >= 0.6 is 0 Å². The van der Waals surface area contributed by atoms with Gasteiger partial charge in [0.15, 0.2) is 0 Å². The van der Waals surface area contributed by atoms with Crippen molar-refractivity contribution in [1.82, 2.24) is 15.1 Å². The minimum atomic E-state index is -5.04. The Morgan fingerprint density at radius 1 is 1.05 bits per heavy atom. The number of carbonyl (C=O) groups is 2. The second-order valence-electron chi connectivity index (χ2n) is 10.8. The molecule has 42 heavy (non-hydrogen) atoms. The van der Waals surface area contributed by atoms with Crippen molar-refractivity contribution in [3.63, 3.8) is 0 Å². The van der Waals surface area contributed by atoms with Gasteiger partial charge >= 0.3 is 18.4 Å². The van der Waals surface area contributed by atoms with Gasteiger partial charge in [-0.1, -0.05) is 6.07 Å². The summed E-state index contributed by atoms with van der Waals surface area (Å²) in [6.45, 7) is 4.86. The van der Waals surface area contributed by atoms with E-state index in [-0.39, 0.29) is 43.5 Å². The van der Waals surface area contributed by atoms with Crippen LogP contribution < -0.4 is 5.32 Å². The lowest BCUT2D eigenvalue weighted by atomic mass is 9.85. The van der Waals surface area contributed by atoms with Crippen molar-refractivity contribution in [3.05, 3.63) is 70.0 Å². The maximum atomic E-state index is 13.9. The maximum absolute atomic E-state index is 13.9. The number of aryl methyl sites for hydroxylation is 1. The molecular weight excluding hydrogens is 571 g/mol. The molecule has 2 aromatic rings. The first kappa shape index (κ1) is 33.2. The molecule has 2 aromatic carbocycles. The predicted molar refractivity (Wildman–Crippen MR) is 141 cm³/mol. The van der Waals surface area contributed by atoms with Crippen LogP contribution in [0.1, 0.15) is 73.0 Å². The lowest BCUT2D eigenvalue weighted by Gasteiger charge is -2.42. The Morgan fingerprint density at radius 2 is 1.64 bits per heavy atom. The number of carbonyl (C=O) groups excluding carboxylic acids is 2. The number of amides is 3. The van der Waals surface area contributed by atoms with E-state index in [1.165, 1.54) is 37.1 Å². The number of aliphatic hydroxyl groups excluding tert-OH is 1. The van der Waals surface area contributed by atoms with Crippen LogP contribution in [0.2, 0.25) is 0 Å². The second kappa shape index (κ2) is 12.9. The molecule has 13 heteroatoms. The van der Waals surface area contributed by atoms with E-state index in [0.717, 1.165) is 4.90 Å². The number of nitrogens with zero attached hydrogens (tertiary/aromatic N) is 2. The second-order valence-corrected chi connectivity index (χ2v) is 10.8. The topological polar surface area (TPSA) is 72.9 Å². The van der Waals surface area contributed by atoms with Crippen LogP contribution in [0.15, 0.2) is 36.4 Å². The molecule has 0 radical (unpaired) electrons. The molecule has 2 unspecified atom stereocenters. The average Bonchev–Trinajstić information content (AvgIpc) is 2.90. The number of alkyl halides is 6. The molecule has 0 spiro atoms. The first-order chi connectivity index (χ1) is 19.4. The summed E-state index contributed by atoms with van der Waals surface area (Å²) in [6, 6.07) is 2.62. The number of benzene rings is 2. The normalized spacial score (nSPS) is 19.3. The molecule has 1 heterocycles. The van der Waals surface area contributed by atoms with Crippen LogP contribution in [-0.2, 0) is 17.1 Å². The SMILES string of the molecule is Cc1cc(F)ccc1[C@H]1C[C@@H](C(=O)NCCC(C)O)CCN1C(=O)N(C)C(C)c1cc(C(F)(F)F)cc(C(F)(F)F)c1. The van der Waals surface area contributed by atoms with Crippen molar-refractivity contribution in [2.45, 2.75) is 70.6 Å². The fraction of sp³-hybridized carbons (Fsp3) is 0.517. The van der Waals surface area contributed by atoms with E-state index in [9.17, 15) is 45.4 Å². The molecule has 6 nitrogen and oxygen atoms in total. The number of rotatable bonds is 7. The maximum Gasteiger partial charge on any atom is 0.416 e. The predicted octanol–water partition coefficient (Wildman–Crippen LogP) is 6.62. The minimum absolute atomic E-state index is 0.0302. The third-order valence-corrected chi connectivity index (χ3v) is 7.65. The first-order valence-corrected chi connectivity index (χ1v) is 13.4. The molecule has 0 saturated carbocycles. The summed E-state index contributed by atoms with van der Waals surface area (Å²) >= 11 is 0. The number of piperidine rings is 1. The van der Waals surface area contributed by atoms with E-state index in [2.05, 4.69) is 5.32 Å². The molecular formula is C29H34F7N3O3. The Kier molecular flexibility index (Phi) is 10.2. The fourth-order valence-electron chi connectivity index (χ4n) is 5.10. The molecule has 3 amide bonds. The third kappa shape index (κ3) is 7.93. The Morgan fingerprint density at radius 3 is 2.17 bits per heavy atom. The lowest BCUT2D eigenvalue weighted by Crippen LogP contribution is -2.49. The molecule has 232 valence electrons. The molecule has 2 N–H and O–H groups in total. The quantitative estimate of drug-likeness (QED) is 0.349. The number of likely N-dealkylation sites (tertiary alicyclic amines) is 1. The molecule has 1 aliphatic heterocycles. The number of halogens is 7. The van der Waals surface area contributed by atoms with Gasteiger partial charge in [-0.3, -0.25) is 4.79 Å². The molecule has 1 saturated heterocycles. The monoisotopic (exact) mass is 605 g/mol. The number of urea groups is 1. The Labute approximate surface area is 239 Å². The van der Waals surface area contributed by atoms with Gasteiger partial charge in [0.1, 0.15) is 5.82 Å². The summed E-state index contributed by atoms with van der Waals surface area (Å²) in [5.41, 5.74) is -2.25. The minimum Gasteiger partial charge on any atom is -0.393 e. The van der Waals surface area contributed by atoms with Crippen molar-refractivity contribution in [2.75, 3.05) is 20.1 Å². The van der Waals surface area contributed by atoms with Gasteiger partial charge in [-0.25, -0.2) is 9.18 Å². The molecule has 0 aromatic heterocycles. The van der Waals surface area contributed by atoms with Gasteiger partial charge in [0.05, 0.1) is 29.3 Å². The summed E-state index contributed by atoms with van der Waals surface area (Å²) in [7, 11) is 1.28. The van der Waals surface area contributed by atoms with E-state index >= 15 is 0 Å². The van der Waals surface area contributed by atoms with Crippen LogP contribution in [-0.4, -0.2) is 53.1 Å². The van der Waals surface area contributed by atoms with Crippen LogP contribution in [0.5, 0.6) is 0 Å². The summed E-state index contributed by atoms with van der Waals surface area (Å²) < 4.78 is 94.6. The largest absolute Gasteiger partial charge is 0.416 e. The summed E-state index contributed by atoms with van der Waals surface area (Å²) in [4.78, 5) is 29.1. The van der Waals surface area contributed by atoms with Crippen LogP contribution in [0.4, 0.5) is 35.5 Å². The fourth-order valence-corrected chi connectivity index (χ4v) is 5.10. The van der Waals surface area contributed by atoms with Gasteiger partial charge in [0.2, 0.25) is 5.91 Å². The average molecular weight is 606 g/mol. The lowest BCUT2D eigenvalue weighted by molar-refractivity contribution is -0.143. The zero-order valence-corrected chi connectivity index (χ0v) is 23.6. The highest BCUT2D eigenvalue weighted by molar-refractivity contribution is 5.80. The first-order valence-electron chi connectivity index (χ1n) is 13.4. The highest BCUT2D eigenvalue weighted by atomic mass is 19.4. The Hall–Kier alpha value is -3.35. The molecule has 4 atom stereocenters. The summed E-state index contributed by atoms with van der Waals surface area (Å²) in [5, 5.41) is 12.2. The number of hydrogen-bond donors (Lipinski definition) is 2. The van der Waals surface area contributed by atoms with Gasteiger partial charge < -0.3 is 20.2 Å². The standard InChI is InChI=1S/C29H34F7N3O3/c1-16-11-23(30)5-6-24(16)25-14-19(26(41)37-9-7-17(2)40)8-10-39(25)27(42)38(4)18(3)20-12-21(28(31,32)33)15-22(13-20)29(34,35)36/h5-6,11-13,15,17-19,25,40H,7-10,14H2,1-4H3,(H,37,41)/t17?,18?,19-,25+/m0/s1. The van der Waals surface area contributed by atoms with Crippen molar-refractivity contribution < 1.29 is 45.4 Å². The van der Waals surface area contributed by atoms with Gasteiger partial charge in [-0.2, -0.15) is 26.3 Å². The van der Waals surface area contributed by atoms with Gasteiger partial charge in [-0.05, 0) is 87.1 Å². The third-order valence-electron chi connectivity index (χ3n) is 7.65. The number of nitrogens with one attached hydrogen (secondary N) is 1. The zero-order valence-electron chi connectivity index (χ0n) is 23.6. The van der Waals surface area contributed by atoms with Gasteiger partial charge in [0, 0.05) is 26.1 Å². The molecule has 0 bridgehead atoms. The van der Waals surface area contributed by atoms with Crippen LogP contribution in [0, 0.1) is 18.7 Å². The molecule has 1 fully saturated rings. The Bertz CT molecular complexity index is 1250. The van der Waals surface area contributed by atoms with Crippen molar-refractivity contribution in [2.24, 2.45) is 5.92 Å². The van der Waals surface area contributed by atoms with Crippen molar-refractivity contribution in [1.29, 1.82) is 0 Å². The number of hydrogen-bond acceptors (Lipinski definition) is 3. The molecule has 3 rings (SSSR count). The van der Waals surface area contributed by atoms with E-state index in [1.54, 1.807) is 13.8 Å². The Balaban J connectivity index is 1.93. The van der Waals surface area contributed by atoms with Gasteiger partial charge in [-0.15, -0.1) is 0 Å². The summed E-state index contributed by atoms with van der Waals surface area (Å²) in [6.07, 6.45) is -9.95. The number of aliphatic hydroxyl groups is 1. The van der Waals surface area contributed by atoms with Crippen LogP contribution in [0.3, 0.4) is 0 Å². The van der Waals surface area contributed by atoms with Crippen LogP contribution in [0.25, 0.3) is 0 Å². The van der Waals surface area contributed by atoms with E-state index in [4.69, 9.17) is 0 Å². The molecule has 0 aliphatic carbocycles. The van der Waals surface area contributed by atoms with E-state index in [1.807, 2.05) is 0 Å². The highest BCUT2D eigenvalue weighted by Gasteiger charge is 2.40. The van der Waals surface area contributed by atoms with Crippen molar-refractivity contribution >= 4 is 11.9 Å². The highest BCUT2D eigenvalue weighted by Crippen LogP contribution is 2.40.